The highest BCUT2D eigenvalue weighted by molar-refractivity contribution is 14.1. The van der Waals surface area contributed by atoms with Crippen LogP contribution in [0, 0.1) is 0 Å². The van der Waals surface area contributed by atoms with Crippen LogP contribution in [0.2, 0.25) is 0 Å². The predicted octanol–water partition coefficient (Wildman–Crippen LogP) is 3.63. The zero-order valence-corrected chi connectivity index (χ0v) is 12.4. The quantitative estimate of drug-likeness (QED) is 0.405. The number of alkyl halides is 1. The van der Waals surface area contributed by atoms with Crippen LogP contribution >= 0.6 is 22.6 Å². The summed E-state index contributed by atoms with van der Waals surface area (Å²) < 4.78 is 11.8. The van der Waals surface area contributed by atoms with Gasteiger partial charge in [-0.05, 0) is 18.9 Å². The minimum absolute atomic E-state index is 0.137. The Kier molecular flexibility index (Phi) is 2.62. The van der Waals surface area contributed by atoms with Gasteiger partial charge in [-0.1, -0.05) is 47.2 Å². The van der Waals surface area contributed by atoms with Gasteiger partial charge in [0, 0.05) is 20.8 Å². The number of hydrogen-bond donors (Lipinski definition) is 0. The van der Waals surface area contributed by atoms with E-state index in [1.165, 1.54) is 12.8 Å². The fourth-order valence-corrected chi connectivity index (χ4v) is 4.44. The molecule has 2 aromatic rings. The monoisotopic (exact) mass is 368 g/mol. The molecule has 1 fully saturated rings. The van der Waals surface area contributed by atoms with Gasteiger partial charge in [-0.15, -0.1) is 0 Å². The molecule has 98 valence electrons. The first kappa shape index (κ1) is 11.8. The second kappa shape index (κ2) is 4.23. The maximum Gasteiger partial charge on any atom is 0.379 e. The molecule has 1 aliphatic heterocycles. The van der Waals surface area contributed by atoms with Gasteiger partial charge >= 0.3 is 5.63 Å². The number of ether oxygens (including phenoxy) is 1. The van der Waals surface area contributed by atoms with E-state index >= 15 is 0 Å². The van der Waals surface area contributed by atoms with Crippen LogP contribution in [0.1, 0.15) is 30.7 Å². The number of rotatable bonds is 0. The third kappa shape index (κ3) is 1.65. The number of hydrogen-bond acceptors (Lipinski definition) is 3. The van der Waals surface area contributed by atoms with E-state index in [1.54, 1.807) is 0 Å². The molecular weight excluding hydrogens is 355 g/mol. The van der Waals surface area contributed by atoms with E-state index in [0.29, 0.717) is 21.2 Å². The van der Waals surface area contributed by atoms with Crippen molar-refractivity contribution < 1.29 is 9.15 Å². The van der Waals surface area contributed by atoms with E-state index in [4.69, 9.17) is 9.15 Å². The Balaban J connectivity index is 2.01. The number of fused-ring (bicyclic) bond motifs is 5. The molecule has 0 saturated heterocycles. The first-order chi connectivity index (χ1) is 9.25. The standard InChI is InChI=1S/C15H13IO3/c16-10-6-3-5-9-12-8-4-1-2-7-11(8)18-15(17)14(12)19-13(9)10/h1-2,4,7,9-10,13H,3,5-6H2. The van der Waals surface area contributed by atoms with Gasteiger partial charge in [0.2, 0.25) is 5.75 Å². The lowest BCUT2D eigenvalue weighted by atomic mass is 9.82. The molecule has 3 unspecified atom stereocenters. The van der Waals surface area contributed by atoms with Crippen molar-refractivity contribution in [1.82, 2.24) is 0 Å². The van der Waals surface area contributed by atoms with E-state index in [1.807, 2.05) is 24.3 Å². The van der Waals surface area contributed by atoms with Crippen LogP contribution in [0.3, 0.4) is 0 Å². The highest BCUT2D eigenvalue weighted by Crippen LogP contribution is 2.48. The summed E-state index contributed by atoms with van der Waals surface area (Å²) in [5, 5.41) is 1.04. The first-order valence-electron chi connectivity index (χ1n) is 6.62. The second-order valence-corrected chi connectivity index (χ2v) is 6.86. The molecule has 3 nitrogen and oxygen atoms in total. The Morgan fingerprint density at radius 1 is 1.21 bits per heavy atom. The van der Waals surface area contributed by atoms with Gasteiger partial charge in [0.1, 0.15) is 11.7 Å². The van der Waals surface area contributed by atoms with Gasteiger partial charge in [-0.2, -0.15) is 0 Å². The molecule has 1 aliphatic carbocycles. The Hall–Kier alpha value is -1.04. The molecule has 0 amide bonds. The molecule has 2 heterocycles. The molecular formula is C15H13IO3. The maximum atomic E-state index is 12.1. The number of benzene rings is 1. The Morgan fingerprint density at radius 2 is 2.05 bits per heavy atom. The molecule has 3 atom stereocenters. The van der Waals surface area contributed by atoms with E-state index < -0.39 is 0 Å². The largest absolute Gasteiger partial charge is 0.481 e. The van der Waals surface area contributed by atoms with Crippen molar-refractivity contribution in [2.24, 2.45) is 0 Å². The smallest absolute Gasteiger partial charge is 0.379 e. The van der Waals surface area contributed by atoms with Gasteiger partial charge in [-0.3, -0.25) is 0 Å². The average Bonchev–Trinajstić information content (AvgIpc) is 2.81. The lowest BCUT2D eigenvalue weighted by Gasteiger charge is -2.29. The topological polar surface area (TPSA) is 39.4 Å². The molecule has 4 rings (SSSR count). The normalized spacial score (nSPS) is 28.8. The van der Waals surface area contributed by atoms with Crippen LogP contribution in [0.25, 0.3) is 11.0 Å². The summed E-state index contributed by atoms with van der Waals surface area (Å²) in [7, 11) is 0. The number of para-hydroxylation sites is 1. The van der Waals surface area contributed by atoms with Crippen LogP contribution in [-0.2, 0) is 0 Å². The Bertz CT molecular complexity index is 706. The lowest BCUT2D eigenvalue weighted by Crippen LogP contribution is -2.33. The molecule has 4 heteroatoms. The molecule has 2 aliphatic rings. The van der Waals surface area contributed by atoms with Gasteiger partial charge in [0.25, 0.3) is 0 Å². The van der Waals surface area contributed by atoms with Gasteiger partial charge < -0.3 is 9.15 Å². The number of halogens is 1. The van der Waals surface area contributed by atoms with Crippen LogP contribution in [0.5, 0.6) is 5.75 Å². The zero-order chi connectivity index (χ0) is 13.0. The van der Waals surface area contributed by atoms with E-state index in [2.05, 4.69) is 22.6 Å². The molecule has 0 bridgehead atoms. The third-order valence-corrected chi connectivity index (χ3v) is 5.51. The lowest BCUT2D eigenvalue weighted by molar-refractivity contribution is 0.172. The average molecular weight is 368 g/mol. The SMILES string of the molecule is O=c1oc2ccccc2c2c1OC1C(I)CCCC21. The summed E-state index contributed by atoms with van der Waals surface area (Å²) in [4.78, 5) is 12.1. The van der Waals surface area contributed by atoms with Crippen LogP contribution in [0.4, 0.5) is 0 Å². The van der Waals surface area contributed by atoms with Gasteiger partial charge in [0.05, 0.1) is 0 Å². The fraction of sp³-hybridized carbons (Fsp3) is 0.400. The van der Waals surface area contributed by atoms with Crippen molar-refractivity contribution in [3.63, 3.8) is 0 Å². The van der Waals surface area contributed by atoms with E-state index in [0.717, 1.165) is 17.4 Å². The highest BCUT2D eigenvalue weighted by Gasteiger charge is 2.43. The predicted molar refractivity (Wildman–Crippen MR) is 81.3 cm³/mol. The highest BCUT2D eigenvalue weighted by atomic mass is 127. The summed E-state index contributed by atoms with van der Waals surface area (Å²) in [6.45, 7) is 0. The first-order valence-corrected chi connectivity index (χ1v) is 7.87. The van der Waals surface area contributed by atoms with Crippen LogP contribution < -0.4 is 10.4 Å². The second-order valence-electron chi connectivity index (χ2n) is 5.26. The minimum Gasteiger partial charge on any atom is -0.481 e. The van der Waals surface area contributed by atoms with Crippen molar-refractivity contribution in [2.45, 2.75) is 35.2 Å². The molecule has 19 heavy (non-hydrogen) atoms. The van der Waals surface area contributed by atoms with Gasteiger partial charge in [-0.25, -0.2) is 4.79 Å². The van der Waals surface area contributed by atoms with Crippen molar-refractivity contribution in [3.05, 3.63) is 40.2 Å². The summed E-state index contributed by atoms with van der Waals surface area (Å²) in [5.74, 6) is 0.803. The molecule has 0 N–H and O–H groups in total. The third-order valence-electron chi connectivity index (χ3n) is 4.18. The molecule has 1 aromatic carbocycles. The van der Waals surface area contributed by atoms with Crippen LogP contribution in [0.15, 0.2) is 33.5 Å². The summed E-state index contributed by atoms with van der Waals surface area (Å²) in [5.41, 5.74) is 1.43. The zero-order valence-electron chi connectivity index (χ0n) is 10.3. The summed E-state index contributed by atoms with van der Waals surface area (Å²) >= 11 is 2.45. The van der Waals surface area contributed by atoms with Crippen molar-refractivity contribution in [3.8, 4) is 5.75 Å². The maximum absolute atomic E-state index is 12.1. The van der Waals surface area contributed by atoms with E-state index in [9.17, 15) is 4.79 Å². The summed E-state index contributed by atoms with van der Waals surface area (Å²) in [6.07, 6.45) is 3.61. The minimum atomic E-state index is -0.327. The molecule has 0 radical (unpaired) electrons. The van der Waals surface area contributed by atoms with Crippen molar-refractivity contribution in [1.29, 1.82) is 0 Å². The molecule has 0 spiro atoms. The van der Waals surface area contributed by atoms with Crippen LogP contribution in [-0.4, -0.2) is 10.0 Å². The Morgan fingerprint density at radius 3 is 2.95 bits per heavy atom. The Labute approximate surface area is 124 Å². The van der Waals surface area contributed by atoms with Gasteiger partial charge in [0.15, 0.2) is 0 Å². The van der Waals surface area contributed by atoms with Crippen molar-refractivity contribution in [2.75, 3.05) is 0 Å². The summed E-state index contributed by atoms with van der Waals surface area (Å²) in [6, 6.07) is 7.77. The fourth-order valence-electron chi connectivity index (χ4n) is 3.35. The van der Waals surface area contributed by atoms with E-state index in [-0.39, 0.29) is 11.7 Å². The molecule has 1 saturated carbocycles. The van der Waals surface area contributed by atoms with Crippen molar-refractivity contribution >= 4 is 33.6 Å². The molecule has 1 aromatic heterocycles.